The molecular weight excluding hydrogens is 246 g/mol. The van der Waals surface area contributed by atoms with E-state index in [1.807, 2.05) is 0 Å². The third-order valence-corrected chi connectivity index (χ3v) is 2.93. The van der Waals surface area contributed by atoms with E-state index in [1.165, 1.54) is 6.07 Å². The van der Waals surface area contributed by atoms with Gasteiger partial charge in [-0.15, -0.1) is 11.6 Å². The van der Waals surface area contributed by atoms with Crippen molar-refractivity contribution in [1.82, 2.24) is 9.97 Å². The summed E-state index contributed by atoms with van der Waals surface area (Å²) in [5.41, 5.74) is 0.675. The summed E-state index contributed by atoms with van der Waals surface area (Å²) in [5, 5.41) is -0.569. The summed E-state index contributed by atoms with van der Waals surface area (Å²) in [6.45, 7) is 1.58. The molecule has 5 heteroatoms. The van der Waals surface area contributed by atoms with Crippen LogP contribution in [-0.4, -0.2) is 9.97 Å². The lowest BCUT2D eigenvalue weighted by molar-refractivity contribution is 0.564. The van der Waals surface area contributed by atoms with E-state index in [0.29, 0.717) is 23.4 Å². The fourth-order valence-electron chi connectivity index (χ4n) is 1.61. The average Bonchev–Trinajstić information content (AvgIpc) is 2.76. The van der Waals surface area contributed by atoms with E-state index in [-0.39, 0.29) is 0 Å². The summed E-state index contributed by atoms with van der Waals surface area (Å²) >= 11 is 6.10. The van der Waals surface area contributed by atoms with Gasteiger partial charge in [0.25, 0.3) is 0 Å². The highest BCUT2D eigenvalue weighted by Gasteiger charge is 2.16. The average molecular weight is 257 g/mol. The maximum absolute atomic E-state index is 13.6. The van der Waals surface area contributed by atoms with Crippen molar-refractivity contribution < 1.29 is 8.78 Å². The Morgan fingerprint density at radius 3 is 2.76 bits per heavy atom. The number of aromatic nitrogens is 2. The molecule has 1 atom stereocenters. The van der Waals surface area contributed by atoms with Gasteiger partial charge in [0.05, 0.1) is 5.38 Å². The van der Waals surface area contributed by atoms with Crippen LogP contribution in [0.2, 0.25) is 0 Å². The number of nitrogens with one attached hydrogen (secondary N) is 1. The van der Waals surface area contributed by atoms with Crippen molar-refractivity contribution in [1.29, 1.82) is 0 Å². The first-order chi connectivity index (χ1) is 8.08. The van der Waals surface area contributed by atoms with Crippen molar-refractivity contribution in [2.75, 3.05) is 0 Å². The summed E-state index contributed by atoms with van der Waals surface area (Å²) in [6, 6.07) is 2.30. The van der Waals surface area contributed by atoms with E-state index in [4.69, 9.17) is 11.6 Å². The molecule has 1 aromatic heterocycles. The van der Waals surface area contributed by atoms with Crippen LogP contribution in [0.3, 0.4) is 0 Å². The molecule has 0 bridgehead atoms. The number of aryl methyl sites for hydroxylation is 1. The number of rotatable bonds is 3. The molecule has 0 fully saturated rings. The highest BCUT2D eigenvalue weighted by molar-refractivity contribution is 6.20. The molecule has 0 aliphatic carbocycles. The first-order valence-electron chi connectivity index (χ1n) is 5.16. The Kier molecular flexibility index (Phi) is 3.43. The summed E-state index contributed by atoms with van der Waals surface area (Å²) < 4.78 is 26.7. The van der Waals surface area contributed by atoms with E-state index in [0.717, 1.165) is 6.07 Å². The number of benzene rings is 1. The first-order valence-corrected chi connectivity index (χ1v) is 5.59. The molecule has 1 unspecified atom stereocenters. The van der Waals surface area contributed by atoms with Gasteiger partial charge in [-0.2, -0.15) is 0 Å². The van der Waals surface area contributed by atoms with Crippen LogP contribution in [0.25, 0.3) is 0 Å². The minimum Gasteiger partial charge on any atom is -0.349 e. The molecule has 1 heterocycles. The Labute approximate surface area is 103 Å². The molecule has 90 valence electrons. The van der Waals surface area contributed by atoms with E-state index in [2.05, 4.69) is 9.97 Å². The fraction of sp³-hybridized carbons (Fsp3) is 0.250. The van der Waals surface area contributed by atoms with Crippen molar-refractivity contribution in [2.24, 2.45) is 0 Å². The van der Waals surface area contributed by atoms with Crippen LogP contribution in [0.5, 0.6) is 0 Å². The fourth-order valence-corrected chi connectivity index (χ4v) is 1.92. The lowest BCUT2D eigenvalue weighted by Crippen LogP contribution is -2.02. The predicted octanol–water partition coefficient (Wildman–Crippen LogP) is 3.52. The molecule has 2 nitrogen and oxygen atoms in total. The summed E-state index contributed by atoms with van der Waals surface area (Å²) in [7, 11) is 0. The van der Waals surface area contributed by atoms with Crippen LogP contribution >= 0.6 is 11.6 Å². The number of alkyl halides is 1. The van der Waals surface area contributed by atoms with Gasteiger partial charge in [0.1, 0.15) is 17.5 Å². The van der Waals surface area contributed by atoms with E-state index < -0.39 is 17.0 Å². The third-order valence-electron chi connectivity index (χ3n) is 2.54. The first kappa shape index (κ1) is 12.0. The van der Waals surface area contributed by atoms with Crippen LogP contribution in [0.1, 0.15) is 22.3 Å². The Hall–Kier alpha value is -1.42. The second-order valence-electron chi connectivity index (χ2n) is 3.83. The highest BCUT2D eigenvalue weighted by atomic mass is 35.5. The van der Waals surface area contributed by atoms with Crippen LogP contribution in [-0.2, 0) is 6.42 Å². The Morgan fingerprint density at radius 2 is 2.12 bits per heavy atom. The molecule has 0 saturated carbocycles. The topological polar surface area (TPSA) is 28.7 Å². The number of imidazole rings is 1. The smallest absolute Gasteiger partial charge is 0.130 e. The Bertz CT molecular complexity index is 511. The summed E-state index contributed by atoms with van der Waals surface area (Å²) in [6.07, 6.45) is 3.65. The molecule has 0 aliphatic heterocycles. The second-order valence-corrected chi connectivity index (χ2v) is 4.36. The van der Waals surface area contributed by atoms with Crippen molar-refractivity contribution in [3.05, 3.63) is 53.1 Å². The zero-order valence-electron chi connectivity index (χ0n) is 9.17. The number of hydrogen-bond donors (Lipinski definition) is 1. The maximum Gasteiger partial charge on any atom is 0.130 e. The quantitative estimate of drug-likeness (QED) is 0.837. The van der Waals surface area contributed by atoms with Crippen molar-refractivity contribution in [2.45, 2.75) is 18.7 Å². The minimum atomic E-state index is -0.625. The van der Waals surface area contributed by atoms with Crippen molar-refractivity contribution in [3.63, 3.8) is 0 Å². The molecule has 17 heavy (non-hydrogen) atoms. The van der Waals surface area contributed by atoms with Gasteiger partial charge < -0.3 is 4.98 Å². The molecule has 0 radical (unpaired) electrons. The Morgan fingerprint density at radius 1 is 1.35 bits per heavy atom. The van der Waals surface area contributed by atoms with Gasteiger partial charge in [-0.3, -0.25) is 0 Å². The largest absolute Gasteiger partial charge is 0.349 e. The lowest BCUT2D eigenvalue weighted by atomic mass is 10.1. The molecule has 0 amide bonds. The molecule has 2 rings (SSSR count). The summed E-state index contributed by atoms with van der Waals surface area (Å²) in [4.78, 5) is 6.91. The van der Waals surface area contributed by atoms with Crippen molar-refractivity contribution in [3.8, 4) is 0 Å². The number of halogens is 3. The maximum atomic E-state index is 13.6. The number of hydrogen-bond acceptors (Lipinski definition) is 1. The normalized spacial score (nSPS) is 12.7. The number of nitrogens with zero attached hydrogens (tertiary/aromatic N) is 1. The van der Waals surface area contributed by atoms with Gasteiger partial charge in [-0.25, -0.2) is 13.8 Å². The van der Waals surface area contributed by atoms with Gasteiger partial charge in [0, 0.05) is 30.4 Å². The van der Waals surface area contributed by atoms with Crippen LogP contribution in [0.4, 0.5) is 8.78 Å². The third kappa shape index (κ3) is 2.64. The molecule has 0 saturated heterocycles. The molecule has 1 N–H and O–H groups in total. The molecule has 0 spiro atoms. The second kappa shape index (κ2) is 4.84. The highest BCUT2D eigenvalue weighted by Crippen LogP contribution is 2.28. The predicted molar refractivity (Wildman–Crippen MR) is 62.0 cm³/mol. The lowest BCUT2D eigenvalue weighted by Gasteiger charge is -2.11. The van der Waals surface area contributed by atoms with E-state index >= 15 is 0 Å². The molecular formula is C12H11ClF2N2. The Balaban J connectivity index is 2.24. The van der Waals surface area contributed by atoms with Gasteiger partial charge in [0.2, 0.25) is 0 Å². The van der Waals surface area contributed by atoms with Crippen LogP contribution < -0.4 is 0 Å². The SMILES string of the molecule is Cc1cc(C(Cl)Cc2ncc[nH]2)c(F)cc1F. The van der Waals surface area contributed by atoms with Gasteiger partial charge in [-0.1, -0.05) is 0 Å². The van der Waals surface area contributed by atoms with E-state index in [1.54, 1.807) is 19.3 Å². The van der Waals surface area contributed by atoms with Crippen LogP contribution in [0, 0.1) is 18.6 Å². The van der Waals surface area contributed by atoms with E-state index in [9.17, 15) is 8.78 Å². The van der Waals surface area contributed by atoms with Crippen LogP contribution in [0.15, 0.2) is 24.5 Å². The number of H-pyrrole nitrogens is 1. The molecule has 2 aromatic rings. The van der Waals surface area contributed by atoms with Gasteiger partial charge in [0.15, 0.2) is 0 Å². The minimum absolute atomic E-state index is 0.293. The summed E-state index contributed by atoms with van der Waals surface area (Å²) in [5.74, 6) is -0.515. The van der Waals surface area contributed by atoms with Gasteiger partial charge in [-0.05, 0) is 18.6 Å². The number of aromatic amines is 1. The zero-order chi connectivity index (χ0) is 12.4. The molecule has 0 aliphatic rings. The molecule has 1 aromatic carbocycles. The standard InChI is InChI=1S/C12H11ClF2N2/c1-7-4-8(11(15)6-10(7)14)9(13)5-12-16-2-3-17-12/h2-4,6,9H,5H2,1H3,(H,16,17). The monoisotopic (exact) mass is 256 g/mol. The van der Waals surface area contributed by atoms with Crippen molar-refractivity contribution >= 4 is 11.6 Å². The zero-order valence-corrected chi connectivity index (χ0v) is 9.93. The van der Waals surface area contributed by atoms with Gasteiger partial charge >= 0.3 is 0 Å².